The number of hydrogen-bond donors (Lipinski definition) is 0. The van der Waals surface area contributed by atoms with Crippen LogP contribution in [0.15, 0.2) is 42.7 Å². The summed E-state index contributed by atoms with van der Waals surface area (Å²) in [7, 11) is 3.10. The molecule has 3 aromatic heterocycles. The smallest absolute Gasteiger partial charge is 0.260 e. The minimum Gasteiger partial charge on any atom is -0.491 e. The molecule has 0 N–H and O–H groups in total. The second-order valence-corrected chi connectivity index (χ2v) is 8.28. The fourth-order valence-electron chi connectivity index (χ4n) is 4.39. The Morgan fingerprint density at radius 2 is 1.88 bits per heavy atom. The van der Waals surface area contributed by atoms with Crippen LogP contribution in [0.2, 0.25) is 0 Å². The summed E-state index contributed by atoms with van der Waals surface area (Å²) in [6.45, 7) is 2.00. The molecule has 5 rings (SSSR count). The van der Waals surface area contributed by atoms with Crippen molar-refractivity contribution in [1.82, 2.24) is 15.0 Å². The highest BCUT2D eigenvalue weighted by atomic mass is 16.5. The maximum absolute atomic E-state index is 13.1. The molecule has 9 heteroatoms. The molecule has 0 atom stereocenters. The molecule has 0 unspecified atom stereocenters. The highest BCUT2D eigenvalue weighted by Crippen LogP contribution is 2.33. The van der Waals surface area contributed by atoms with Gasteiger partial charge in [0, 0.05) is 30.8 Å². The first kappa shape index (κ1) is 21.6. The number of nitrogens with zero attached hydrogens (tertiary/aromatic N) is 6. The second-order valence-electron chi connectivity index (χ2n) is 8.28. The Labute approximate surface area is 197 Å². The number of piperidine rings is 1. The molecule has 3 aromatic rings. The van der Waals surface area contributed by atoms with E-state index in [-0.39, 0.29) is 11.8 Å². The van der Waals surface area contributed by atoms with Crippen LogP contribution < -0.4 is 19.3 Å². The van der Waals surface area contributed by atoms with Gasteiger partial charge < -0.3 is 19.3 Å². The largest absolute Gasteiger partial charge is 0.491 e. The topological polar surface area (TPSA) is 104 Å². The summed E-state index contributed by atoms with van der Waals surface area (Å²) in [6.07, 6.45) is 5.11. The molecule has 0 spiro atoms. The highest BCUT2D eigenvalue weighted by molar-refractivity contribution is 6.09. The molecule has 9 nitrogen and oxygen atoms in total. The lowest BCUT2D eigenvalue weighted by Gasteiger charge is -2.30. The summed E-state index contributed by atoms with van der Waals surface area (Å²) in [5, 5.41) is 9.09. The number of methoxy groups -OCH3 is 2. The summed E-state index contributed by atoms with van der Waals surface area (Å²) >= 11 is 0. The van der Waals surface area contributed by atoms with E-state index >= 15 is 0 Å². The van der Waals surface area contributed by atoms with Crippen LogP contribution in [0.3, 0.4) is 0 Å². The Balaban J connectivity index is 1.34. The summed E-state index contributed by atoms with van der Waals surface area (Å²) in [6, 6.07) is 11.6. The van der Waals surface area contributed by atoms with Gasteiger partial charge in [-0.3, -0.25) is 9.78 Å². The molecule has 1 amide bonds. The number of nitriles is 1. The lowest BCUT2D eigenvalue weighted by atomic mass is 9.99. The van der Waals surface area contributed by atoms with E-state index in [4.69, 9.17) is 19.7 Å². The summed E-state index contributed by atoms with van der Waals surface area (Å²) < 4.78 is 10.6. The summed E-state index contributed by atoms with van der Waals surface area (Å²) in [5.41, 5.74) is 3.50. The van der Waals surface area contributed by atoms with Crippen molar-refractivity contribution < 1.29 is 14.3 Å². The van der Waals surface area contributed by atoms with E-state index in [9.17, 15) is 4.79 Å². The van der Waals surface area contributed by atoms with E-state index in [1.165, 1.54) is 7.11 Å². The first-order chi connectivity index (χ1) is 16.6. The van der Waals surface area contributed by atoms with Gasteiger partial charge in [0.2, 0.25) is 0 Å². The van der Waals surface area contributed by atoms with E-state index < -0.39 is 0 Å². The normalized spacial score (nSPS) is 15.7. The predicted molar refractivity (Wildman–Crippen MR) is 126 cm³/mol. The molecule has 0 aliphatic carbocycles. The fraction of sp³-hybridized carbons (Fsp3) is 0.320. The number of anilines is 2. The van der Waals surface area contributed by atoms with Gasteiger partial charge in [0.25, 0.3) is 11.8 Å². The SMILES string of the molecule is COc1cc(-c2ccc3c(n2)CN(c2ccc(N4CCC(C#N)CC4)nc2)C3=O)cnc1OC. The molecule has 5 heterocycles. The van der Waals surface area contributed by atoms with Crippen LogP contribution in [0.1, 0.15) is 28.9 Å². The number of amides is 1. The zero-order chi connectivity index (χ0) is 23.7. The molecule has 0 bridgehead atoms. The molecule has 1 saturated heterocycles. The van der Waals surface area contributed by atoms with Crippen molar-refractivity contribution in [3.63, 3.8) is 0 Å². The predicted octanol–water partition coefficient (Wildman–Crippen LogP) is 3.46. The maximum Gasteiger partial charge on any atom is 0.260 e. The van der Waals surface area contributed by atoms with Crippen LogP contribution in [-0.4, -0.2) is 48.2 Å². The fourth-order valence-corrected chi connectivity index (χ4v) is 4.39. The van der Waals surface area contributed by atoms with Crippen LogP contribution in [0.5, 0.6) is 11.6 Å². The molecule has 0 aromatic carbocycles. The molecule has 0 radical (unpaired) electrons. The van der Waals surface area contributed by atoms with Crippen molar-refractivity contribution in [2.24, 2.45) is 5.92 Å². The van der Waals surface area contributed by atoms with Crippen LogP contribution in [-0.2, 0) is 6.54 Å². The lowest BCUT2D eigenvalue weighted by molar-refractivity contribution is 0.0996. The molecular formula is C25H24N6O3. The number of carbonyl (C=O) groups is 1. The number of fused-ring (bicyclic) bond motifs is 1. The van der Waals surface area contributed by atoms with Crippen molar-refractivity contribution in [2.45, 2.75) is 19.4 Å². The molecule has 1 fully saturated rings. The van der Waals surface area contributed by atoms with Crippen molar-refractivity contribution >= 4 is 17.4 Å². The zero-order valence-electron chi connectivity index (χ0n) is 19.1. The lowest BCUT2D eigenvalue weighted by Crippen LogP contribution is -2.33. The van der Waals surface area contributed by atoms with Gasteiger partial charge in [-0.2, -0.15) is 5.26 Å². The minimum atomic E-state index is -0.0936. The average Bonchev–Trinajstić information content (AvgIpc) is 3.24. The van der Waals surface area contributed by atoms with Crippen molar-refractivity contribution in [1.29, 1.82) is 5.26 Å². The van der Waals surface area contributed by atoms with Gasteiger partial charge in [-0.1, -0.05) is 0 Å². The summed E-state index contributed by atoms with van der Waals surface area (Å²) in [5.74, 6) is 1.82. The minimum absolute atomic E-state index is 0.0936. The van der Waals surface area contributed by atoms with Gasteiger partial charge in [-0.15, -0.1) is 0 Å². The number of pyridine rings is 3. The van der Waals surface area contributed by atoms with E-state index in [1.54, 1.807) is 30.5 Å². The number of aromatic nitrogens is 3. The monoisotopic (exact) mass is 456 g/mol. The van der Waals surface area contributed by atoms with Crippen LogP contribution in [0.4, 0.5) is 11.5 Å². The van der Waals surface area contributed by atoms with E-state index in [1.807, 2.05) is 24.3 Å². The Hall–Kier alpha value is -4.19. The Kier molecular flexibility index (Phi) is 5.72. The Bertz CT molecular complexity index is 1260. The second kappa shape index (κ2) is 8.98. The third-order valence-electron chi connectivity index (χ3n) is 6.33. The molecular weight excluding hydrogens is 432 g/mol. The first-order valence-corrected chi connectivity index (χ1v) is 11.1. The number of hydrogen-bond acceptors (Lipinski definition) is 8. The Morgan fingerprint density at radius 1 is 1.06 bits per heavy atom. The zero-order valence-corrected chi connectivity index (χ0v) is 19.1. The molecule has 2 aliphatic heterocycles. The third-order valence-corrected chi connectivity index (χ3v) is 6.33. The quantitative estimate of drug-likeness (QED) is 0.575. The van der Waals surface area contributed by atoms with Crippen LogP contribution in [0.25, 0.3) is 11.3 Å². The number of rotatable bonds is 5. The van der Waals surface area contributed by atoms with Crippen molar-refractivity contribution in [3.05, 3.63) is 54.0 Å². The van der Waals surface area contributed by atoms with Crippen LogP contribution in [0, 0.1) is 17.2 Å². The first-order valence-electron chi connectivity index (χ1n) is 11.1. The average molecular weight is 457 g/mol. The molecule has 34 heavy (non-hydrogen) atoms. The highest BCUT2D eigenvalue weighted by Gasteiger charge is 2.30. The van der Waals surface area contributed by atoms with Crippen molar-refractivity contribution in [3.8, 4) is 29.0 Å². The summed E-state index contributed by atoms with van der Waals surface area (Å²) in [4.78, 5) is 30.5. The van der Waals surface area contributed by atoms with Gasteiger partial charge >= 0.3 is 0 Å². The molecule has 0 saturated carbocycles. The third kappa shape index (κ3) is 3.88. The molecule has 2 aliphatic rings. The van der Waals surface area contributed by atoms with E-state index in [2.05, 4.69) is 20.9 Å². The van der Waals surface area contributed by atoms with E-state index in [0.29, 0.717) is 35.1 Å². The van der Waals surface area contributed by atoms with Crippen molar-refractivity contribution in [2.75, 3.05) is 37.1 Å². The van der Waals surface area contributed by atoms with E-state index in [0.717, 1.165) is 43.0 Å². The Morgan fingerprint density at radius 3 is 2.56 bits per heavy atom. The number of ether oxygens (including phenoxy) is 2. The maximum atomic E-state index is 13.1. The van der Waals surface area contributed by atoms with Crippen LogP contribution >= 0.6 is 0 Å². The number of carbonyl (C=O) groups excluding carboxylic acids is 1. The standard InChI is InChI=1S/C25H24N6O3/c1-33-22-11-17(13-28-24(22)34-2)20-5-4-19-21(29-20)15-31(25(19)32)18-3-6-23(27-14-18)30-9-7-16(12-26)8-10-30/h3-6,11,13-14,16H,7-10,15H2,1-2H3. The molecule has 172 valence electrons. The van der Waals surface area contributed by atoms with Gasteiger partial charge in [0.1, 0.15) is 5.82 Å². The van der Waals surface area contributed by atoms with Gasteiger partial charge in [0.05, 0.1) is 55.7 Å². The van der Waals surface area contributed by atoms with Gasteiger partial charge in [0.15, 0.2) is 5.75 Å². The van der Waals surface area contributed by atoms with Gasteiger partial charge in [-0.25, -0.2) is 9.97 Å². The van der Waals surface area contributed by atoms with Gasteiger partial charge in [-0.05, 0) is 43.2 Å².